The summed E-state index contributed by atoms with van der Waals surface area (Å²) < 4.78 is 32.3. The van der Waals surface area contributed by atoms with E-state index in [4.69, 9.17) is 25.8 Å². The van der Waals surface area contributed by atoms with Crippen molar-refractivity contribution < 1.29 is 28.8 Å². The molecule has 8 nitrogen and oxygen atoms in total. The zero-order valence-corrected chi connectivity index (χ0v) is 21.2. The van der Waals surface area contributed by atoms with Gasteiger partial charge in [-0.25, -0.2) is 9.37 Å². The molecule has 3 aromatic rings. The molecule has 194 valence electrons. The molecule has 10 heteroatoms. The number of aromatic amines is 1. The number of rotatable bonds is 4. The first-order valence-electron chi connectivity index (χ1n) is 12.4. The zero-order valence-electron chi connectivity index (χ0n) is 20.4. The van der Waals surface area contributed by atoms with Crippen molar-refractivity contribution in [3.63, 3.8) is 0 Å². The van der Waals surface area contributed by atoms with E-state index in [1.165, 1.54) is 6.07 Å². The maximum absolute atomic E-state index is 15.1. The number of ether oxygens (including phenoxy) is 3. The molecule has 3 aliphatic rings. The van der Waals surface area contributed by atoms with Gasteiger partial charge in [-0.1, -0.05) is 23.4 Å². The summed E-state index contributed by atoms with van der Waals surface area (Å²) in [6.07, 6.45) is 0.182. The van der Waals surface area contributed by atoms with E-state index in [0.29, 0.717) is 46.0 Å². The first kappa shape index (κ1) is 24.6. The Hall–Kier alpha value is -2.74. The van der Waals surface area contributed by atoms with Crippen LogP contribution in [0, 0.1) is 17.7 Å². The predicted molar refractivity (Wildman–Crippen MR) is 133 cm³/mol. The molecule has 1 aliphatic carbocycles. The molecule has 3 N–H and O–H groups in total. The fraction of sp³-hybridized carbons (Fsp3) is 0.481. The second-order valence-corrected chi connectivity index (χ2v) is 10.8. The molecule has 6 rings (SSSR count). The molecule has 0 amide bonds. The number of hydrogen-bond acceptors (Lipinski definition) is 7. The topological polar surface area (TPSA) is 110 Å². The molecule has 4 heterocycles. The van der Waals surface area contributed by atoms with Crippen molar-refractivity contribution in [2.45, 2.75) is 69.0 Å². The lowest BCUT2D eigenvalue weighted by Crippen LogP contribution is -2.34. The number of pyridine rings is 1. The highest BCUT2D eigenvalue weighted by Gasteiger charge is 2.48. The second kappa shape index (κ2) is 9.22. The van der Waals surface area contributed by atoms with Crippen LogP contribution in [0.1, 0.15) is 48.6 Å². The molecule has 1 aromatic carbocycles. The molecule has 2 aromatic heterocycles. The molecule has 0 radical (unpaired) electrons. The van der Waals surface area contributed by atoms with Crippen molar-refractivity contribution in [1.82, 2.24) is 15.0 Å². The van der Waals surface area contributed by atoms with Crippen LogP contribution in [-0.2, 0) is 22.3 Å². The normalized spacial score (nSPS) is 26.7. The van der Waals surface area contributed by atoms with Gasteiger partial charge in [-0.15, -0.1) is 0 Å². The minimum atomic E-state index is -1.14. The fourth-order valence-electron chi connectivity index (χ4n) is 5.37. The molecule has 0 spiro atoms. The van der Waals surface area contributed by atoms with Crippen molar-refractivity contribution in [3.05, 3.63) is 51.4 Å². The molecule has 0 bridgehead atoms. The smallest absolute Gasteiger partial charge is 0.296 e. The lowest BCUT2D eigenvalue weighted by Gasteiger charge is -2.15. The average Bonchev–Trinajstić information content (AvgIpc) is 3.59. The third kappa shape index (κ3) is 4.80. The van der Waals surface area contributed by atoms with Gasteiger partial charge in [-0.3, -0.25) is 0 Å². The van der Waals surface area contributed by atoms with Gasteiger partial charge in [0, 0.05) is 5.56 Å². The molecule has 2 saturated heterocycles. The van der Waals surface area contributed by atoms with Crippen molar-refractivity contribution in [1.29, 1.82) is 0 Å². The average molecular weight is 528 g/mol. The molecular weight excluding hydrogens is 501 g/mol. The Balaban J connectivity index is 1.21. The molecule has 5 atom stereocenters. The van der Waals surface area contributed by atoms with Gasteiger partial charge in [0.25, 0.3) is 6.01 Å². The number of aromatic nitrogens is 3. The van der Waals surface area contributed by atoms with E-state index in [9.17, 15) is 10.2 Å². The number of nitrogens with one attached hydrogen (secondary N) is 1. The van der Waals surface area contributed by atoms with Crippen molar-refractivity contribution >= 4 is 22.8 Å². The number of benzene rings is 1. The van der Waals surface area contributed by atoms with Gasteiger partial charge < -0.3 is 29.4 Å². The van der Waals surface area contributed by atoms with Crippen LogP contribution in [-0.4, -0.2) is 68.4 Å². The lowest BCUT2D eigenvalue weighted by atomic mass is 9.94. The van der Waals surface area contributed by atoms with Crippen LogP contribution in [0.4, 0.5) is 4.39 Å². The molecule has 2 fully saturated rings. The van der Waals surface area contributed by atoms with Gasteiger partial charge in [0.15, 0.2) is 11.8 Å². The van der Waals surface area contributed by atoms with Crippen molar-refractivity contribution in [2.24, 2.45) is 0 Å². The summed E-state index contributed by atoms with van der Waals surface area (Å²) in [4.78, 5) is 12.2. The summed E-state index contributed by atoms with van der Waals surface area (Å²) in [5.41, 5.74) is 2.73. The first-order valence-corrected chi connectivity index (χ1v) is 12.7. The highest BCUT2D eigenvalue weighted by atomic mass is 35.5. The standard InChI is InChI=1S/C27H27ClFN3O5/c1-27(2,34)6-5-13-7-14-3-4-15(22(14)17(29)8-13)9-18-16(28)10-19-25(30-18)32-26(31-19)37-21-12-36-23-20(33)11-35-24(21)23/h7-8,10,15,20-21,23-24,33-34H,3-4,9,11-12H2,1-2H3,(H,30,31,32)/t15-,20-,21-,23-,24-/m1/s1. The summed E-state index contributed by atoms with van der Waals surface area (Å²) in [5, 5.41) is 20.2. The van der Waals surface area contributed by atoms with Crippen molar-refractivity contribution in [2.75, 3.05) is 13.2 Å². The number of hydrogen-bond donors (Lipinski definition) is 3. The maximum Gasteiger partial charge on any atom is 0.296 e. The molecule has 0 saturated carbocycles. The second-order valence-electron chi connectivity index (χ2n) is 10.4. The van der Waals surface area contributed by atoms with Gasteiger partial charge in [-0.05, 0) is 68.4 Å². The monoisotopic (exact) mass is 527 g/mol. The zero-order chi connectivity index (χ0) is 25.9. The Kier molecular flexibility index (Phi) is 6.13. The van der Waals surface area contributed by atoms with Gasteiger partial charge in [0.2, 0.25) is 0 Å². The van der Waals surface area contributed by atoms with Crippen LogP contribution in [0.25, 0.3) is 11.2 Å². The van der Waals surface area contributed by atoms with Crippen LogP contribution in [0.3, 0.4) is 0 Å². The van der Waals surface area contributed by atoms with Crippen LogP contribution < -0.4 is 4.74 Å². The van der Waals surface area contributed by atoms with E-state index in [0.717, 1.165) is 18.4 Å². The number of imidazole rings is 1. The highest BCUT2D eigenvalue weighted by molar-refractivity contribution is 6.31. The Morgan fingerprint density at radius 3 is 2.84 bits per heavy atom. The van der Waals surface area contributed by atoms with Crippen LogP contribution in [0.5, 0.6) is 6.01 Å². The number of aryl methyl sites for hydroxylation is 1. The van der Waals surface area contributed by atoms with E-state index in [2.05, 4.69) is 26.8 Å². The van der Waals surface area contributed by atoms with Crippen LogP contribution >= 0.6 is 11.6 Å². The van der Waals surface area contributed by atoms with E-state index in [1.807, 2.05) is 6.07 Å². The third-order valence-corrected chi connectivity index (χ3v) is 7.39. The first-order chi connectivity index (χ1) is 17.6. The maximum atomic E-state index is 15.1. The minimum absolute atomic E-state index is 0.0677. The number of halogens is 2. The van der Waals surface area contributed by atoms with E-state index in [-0.39, 0.29) is 30.5 Å². The quantitative estimate of drug-likeness (QED) is 0.447. The number of H-pyrrole nitrogens is 1. The Labute approximate surface area is 218 Å². The largest absolute Gasteiger partial charge is 0.456 e. The minimum Gasteiger partial charge on any atom is -0.456 e. The van der Waals surface area contributed by atoms with E-state index >= 15 is 4.39 Å². The third-order valence-electron chi connectivity index (χ3n) is 7.06. The highest BCUT2D eigenvalue weighted by Crippen LogP contribution is 2.39. The Bertz CT molecular complexity index is 1430. The van der Waals surface area contributed by atoms with E-state index in [1.54, 1.807) is 19.9 Å². The lowest BCUT2D eigenvalue weighted by molar-refractivity contribution is 0.00706. The summed E-state index contributed by atoms with van der Waals surface area (Å²) >= 11 is 6.57. The number of nitrogens with zero attached hydrogens (tertiary/aromatic N) is 2. The SMILES string of the molecule is CC(C)(O)C#Cc1cc(F)c2c(c1)CC[C@@H]2Cc1nc2nc(O[C@@H]3CO[C@H]4[C@@H]3OC[C@H]4O)[nH]c2cc1Cl. The molecule has 37 heavy (non-hydrogen) atoms. The summed E-state index contributed by atoms with van der Waals surface area (Å²) in [6.45, 7) is 3.70. The van der Waals surface area contributed by atoms with Gasteiger partial charge in [0.05, 0.1) is 29.4 Å². The molecule has 0 unspecified atom stereocenters. The van der Waals surface area contributed by atoms with Gasteiger partial charge in [-0.2, -0.15) is 4.98 Å². The molecular formula is C27H27ClFN3O5. The fourth-order valence-corrected chi connectivity index (χ4v) is 5.60. The van der Waals surface area contributed by atoms with Gasteiger partial charge in [0.1, 0.15) is 29.7 Å². The number of aliphatic hydroxyl groups excluding tert-OH is 1. The molecule has 2 aliphatic heterocycles. The summed E-state index contributed by atoms with van der Waals surface area (Å²) in [5.74, 6) is 5.23. The summed E-state index contributed by atoms with van der Waals surface area (Å²) in [7, 11) is 0. The van der Waals surface area contributed by atoms with Gasteiger partial charge >= 0.3 is 0 Å². The van der Waals surface area contributed by atoms with Crippen LogP contribution in [0.2, 0.25) is 5.02 Å². The number of aliphatic hydroxyl groups is 2. The van der Waals surface area contributed by atoms with E-state index < -0.39 is 23.9 Å². The number of fused-ring (bicyclic) bond motifs is 3. The Morgan fingerprint density at radius 2 is 2.03 bits per heavy atom. The van der Waals surface area contributed by atoms with Crippen LogP contribution in [0.15, 0.2) is 18.2 Å². The predicted octanol–water partition coefficient (Wildman–Crippen LogP) is 3.05. The summed E-state index contributed by atoms with van der Waals surface area (Å²) in [6, 6.07) is 5.35. The van der Waals surface area contributed by atoms with Crippen molar-refractivity contribution in [3.8, 4) is 17.9 Å². The Morgan fingerprint density at radius 1 is 1.22 bits per heavy atom.